The number of amidine groups is 1. The molecule has 0 aromatic carbocycles. The number of rotatable bonds is 1. The Balaban J connectivity index is 3.03. The van der Waals surface area contributed by atoms with Gasteiger partial charge in [-0.1, -0.05) is 11.6 Å². The van der Waals surface area contributed by atoms with Crippen molar-refractivity contribution in [3.05, 3.63) is 11.1 Å². The highest BCUT2D eigenvalue weighted by Crippen LogP contribution is 2.27. The fourth-order valence-electron chi connectivity index (χ4n) is 1.13. The molecule has 70 valence electrons. The van der Waals surface area contributed by atoms with Gasteiger partial charge in [0.1, 0.15) is 11.3 Å². The zero-order chi connectivity index (χ0) is 10.2. The average molecular weight is 200 g/mol. The third kappa shape index (κ3) is 1.37. The van der Waals surface area contributed by atoms with Crippen molar-refractivity contribution >= 4 is 29.6 Å². The number of amides is 1. The van der Waals surface area contributed by atoms with E-state index in [1.807, 2.05) is 0 Å². The van der Waals surface area contributed by atoms with E-state index in [1.54, 1.807) is 13.8 Å². The normalized spacial score (nSPS) is 22.5. The van der Waals surface area contributed by atoms with Crippen LogP contribution in [0.2, 0.25) is 0 Å². The predicted molar refractivity (Wildman–Crippen MR) is 51.4 cm³/mol. The summed E-state index contributed by atoms with van der Waals surface area (Å²) in [4.78, 5) is 12.6. The minimum Gasteiger partial charge on any atom is -0.305 e. The summed E-state index contributed by atoms with van der Waals surface area (Å²) >= 11 is 5.90. The van der Waals surface area contributed by atoms with E-state index in [-0.39, 0.29) is 11.7 Å². The Morgan fingerprint density at radius 1 is 1.62 bits per heavy atom. The number of alkyl halides is 1. The molecule has 0 aromatic rings. The summed E-state index contributed by atoms with van der Waals surface area (Å²) in [5, 5.41) is 14.2. The molecule has 2 N–H and O–H groups in total. The molecule has 0 saturated heterocycles. The number of carbonyl (C=O) groups is 1. The van der Waals surface area contributed by atoms with Gasteiger partial charge in [-0.3, -0.25) is 15.1 Å². The molecule has 1 aliphatic rings. The first-order chi connectivity index (χ1) is 6.00. The maximum atomic E-state index is 11.5. The molecule has 13 heavy (non-hydrogen) atoms. The van der Waals surface area contributed by atoms with Crippen LogP contribution in [-0.4, -0.2) is 28.4 Å². The maximum Gasteiger partial charge on any atom is 0.256 e. The summed E-state index contributed by atoms with van der Waals surface area (Å²) in [7, 11) is 0. The van der Waals surface area contributed by atoms with E-state index in [0.29, 0.717) is 5.57 Å². The molecule has 5 heteroatoms. The van der Waals surface area contributed by atoms with Crippen LogP contribution in [-0.2, 0) is 4.79 Å². The van der Waals surface area contributed by atoms with Gasteiger partial charge in [-0.15, -0.1) is 0 Å². The molecule has 1 aliphatic heterocycles. The Morgan fingerprint density at radius 2 is 2.15 bits per heavy atom. The molecule has 0 aromatic heterocycles. The van der Waals surface area contributed by atoms with Gasteiger partial charge in [-0.25, -0.2) is 0 Å². The lowest BCUT2D eigenvalue weighted by atomic mass is 10.2. The Hall–Kier alpha value is -1.16. The highest BCUT2D eigenvalue weighted by molar-refractivity contribution is 6.36. The largest absolute Gasteiger partial charge is 0.305 e. The second kappa shape index (κ2) is 3.30. The standard InChI is InChI=1S/C8H10ClN3O/c1-4-5(2)8(13)12(7(4)9)6(11)3-10/h3,7,10-11H,1-2H3. The van der Waals surface area contributed by atoms with Crippen LogP contribution >= 0.6 is 11.6 Å². The summed E-state index contributed by atoms with van der Waals surface area (Å²) in [6, 6.07) is 0. The number of nitrogens with zero attached hydrogens (tertiary/aromatic N) is 1. The van der Waals surface area contributed by atoms with Crippen molar-refractivity contribution < 1.29 is 4.79 Å². The molecular weight excluding hydrogens is 190 g/mol. The van der Waals surface area contributed by atoms with Gasteiger partial charge < -0.3 is 5.41 Å². The van der Waals surface area contributed by atoms with E-state index >= 15 is 0 Å². The monoisotopic (exact) mass is 199 g/mol. The molecule has 0 radical (unpaired) electrons. The molecule has 0 spiro atoms. The molecule has 4 nitrogen and oxygen atoms in total. The number of carbonyl (C=O) groups excluding carboxylic acids is 1. The summed E-state index contributed by atoms with van der Waals surface area (Å²) in [5.41, 5.74) is 0.700. The lowest BCUT2D eigenvalue weighted by molar-refractivity contribution is -0.122. The Labute approximate surface area is 81.2 Å². The summed E-state index contributed by atoms with van der Waals surface area (Å²) < 4.78 is 0. The average Bonchev–Trinajstić information content (AvgIpc) is 2.30. The third-order valence-corrected chi connectivity index (χ3v) is 2.63. The van der Waals surface area contributed by atoms with Crippen LogP contribution in [0.25, 0.3) is 0 Å². The van der Waals surface area contributed by atoms with Crippen molar-refractivity contribution in [3.8, 4) is 0 Å². The van der Waals surface area contributed by atoms with Crippen LogP contribution in [0.5, 0.6) is 0 Å². The van der Waals surface area contributed by atoms with Crippen molar-refractivity contribution in [1.29, 1.82) is 10.8 Å². The van der Waals surface area contributed by atoms with Gasteiger partial charge in [0.05, 0.1) is 6.21 Å². The molecule has 0 fully saturated rings. The first-order valence-electron chi connectivity index (χ1n) is 3.74. The smallest absolute Gasteiger partial charge is 0.256 e. The SMILES string of the molecule is CC1=C(C)C(Cl)N(C(=N)C=N)C1=O. The molecule has 0 bridgehead atoms. The molecular formula is C8H10ClN3O. The van der Waals surface area contributed by atoms with Gasteiger partial charge in [0.15, 0.2) is 0 Å². The number of halogens is 1. The summed E-state index contributed by atoms with van der Waals surface area (Å²) in [5.74, 6) is -0.466. The first-order valence-corrected chi connectivity index (χ1v) is 4.18. The van der Waals surface area contributed by atoms with Crippen LogP contribution in [0.1, 0.15) is 13.8 Å². The quantitative estimate of drug-likeness (QED) is 0.285. The lowest BCUT2D eigenvalue weighted by Crippen LogP contribution is -2.38. The fraction of sp³-hybridized carbons (Fsp3) is 0.375. The van der Waals surface area contributed by atoms with Crippen LogP contribution in [0, 0.1) is 10.8 Å². The van der Waals surface area contributed by atoms with Crippen LogP contribution in [0.4, 0.5) is 0 Å². The van der Waals surface area contributed by atoms with E-state index in [0.717, 1.165) is 16.7 Å². The second-order valence-corrected chi connectivity index (χ2v) is 3.26. The zero-order valence-corrected chi connectivity index (χ0v) is 8.14. The number of nitrogens with one attached hydrogen (secondary N) is 2. The van der Waals surface area contributed by atoms with Crippen LogP contribution in [0.15, 0.2) is 11.1 Å². The second-order valence-electron chi connectivity index (χ2n) is 2.85. The van der Waals surface area contributed by atoms with Crippen molar-refractivity contribution in [2.45, 2.75) is 19.3 Å². The van der Waals surface area contributed by atoms with Crippen molar-refractivity contribution in [2.75, 3.05) is 0 Å². The Morgan fingerprint density at radius 3 is 2.46 bits per heavy atom. The van der Waals surface area contributed by atoms with E-state index in [4.69, 9.17) is 22.4 Å². The van der Waals surface area contributed by atoms with Crippen molar-refractivity contribution in [1.82, 2.24) is 4.90 Å². The van der Waals surface area contributed by atoms with E-state index in [9.17, 15) is 4.79 Å². The van der Waals surface area contributed by atoms with Gasteiger partial charge >= 0.3 is 0 Å². The predicted octanol–water partition coefficient (Wildman–Crippen LogP) is 1.36. The number of hydrogen-bond acceptors (Lipinski definition) is 3. The first kappa shape index (κ1) is 9.92. The summed E-state index contributed by atoms with van der Waals surface area (Å²) in [6.45, 7) is 3.42. The molecule has 1 atom stereocenters. The molecule has 1 rings (SSSR count). The molecule has 1 heterocycles. The van der Waals surface area contributed by atoms with Gasteiger partial charge in [-0.05, 0) is 19.4 Å². The minimum absolute atomic E-state index is 0.179. The third-order valence-electron chi connectivity index (χ3n) is 2.11. The summed E-state index contributed by atoms with van der Waals surface area (Å²) in [6.07, 6.45) is 0.805. The fourth-order valence-corrected chi connectivity index (χ4v) is 1.48. The molecule has 0 aliphatic carbocycles. The Bertz CT molecular complexity index is 321. The molecule has 0 saturated carbocycles. The van der Waals surface area contributed by atoms with Crippen LogP contribution < -0.4 is 0 Å². The highest BCUT2D eigenvalue weighted by Gasteiger charge is 2.35. The number of hydrogen-bond donors (Lipinski definition) is 2. The van der Waals surface area contributed by atoms with E-state index in [2.05, 4.69) is 0 Å². The van der Waals surface area contributed by atoms with Gasteiger partial charge in [0, 0.05) is 5.57 Å². The topological polar surface area (TPSA) is 68.0 Å². The van der Waals surface area contributed by atoms with E-state index < -0.39 is 5.50 Å². The van der Waals surface area contributed by atoms with Gasteiger partial charge in [0.2, 0.25) is 0 Å². The molecule has 1 unspecified atom stereocenters. The van der Waals surface area contributed by atoms with E-state index in [1.165, 1.54) is 0 Å². The highest BCUT2D eigenvalue weighted by atomic mass is 35.5. The van der Waals surface area contributed by atoms with Crippen LogP contribution in [0.3, 0.4) is 0 Å². The van der Waals surface area contributed by atoms with Crippen molar-refractivity contribution in [2.24, 2.45) is 0 Å². The minimum atomic E-state index is -0.610. The van der Waals surface area contributed by atoms with Gasteiger partial charge in [-0.2, -0.15) is 0 Å². The Kier molecular flexibility index (Phi) is 2.52. The zero-order valence-electron chi connectivity index (χ0n) is 7.39. The van der Waals surface area contributed by atoms with Gasteiger partial charge in [0.25, 0.3) is 5.91 Å². The molecule has 1 amide bonds. The van der Waals surface area contributed by atoms with Crippen molar-refractivity contribution in [3.63, 3.8) is 0 Å². The maximum absolute atomic E-state index is 11.5. The lowest BCUT2D eigenvalue weighted by Gasteiger charge is -2.18.